The van der Waals surface area contributed by atoms with Crippen molar-refractivity contribution in [1.29, 1.82) is 5.26 Å². The molecule has 4 aromatic rings. The van der Waals surface area contributed by atoms with E-state index in [0.29, 0.717) is 43.1 Å². The molecule has 5 rings (SSSR count). The van der Waals surface area contributed by atoms with Gasteiger partial charge in [-0.15, -0.1) is 11.3 Å². The molecule has 7 nitrogen and oxygen atoms in total. The molecule has 3 heterocycles. The molecule has 1 fully saturated rings. The number of amides is 3. The Labute approximate surface area is 212 Å². The molecule has 1 N–H and O–H groups in total. The molecule has 9 heteroatoms. The number of thiophene rings is 1. The summed E-state index contributed by atoms with van der Waals surface area (Å²) in [7, 11) is 0. The summed E-state index contributed by atoms with van der Waals surface area (Å²) < 4.78 is 15.7. The number of carbonyl (C=O) groups excluding carboxylic acids is 2. The lowest BCUT2D eigenvalue weighted by Crippen LogP contribution is -2.56. The number of urea groups is 1. The maximum absolute atomic E-state index is 13.8. The Morgan fingerprint density at radius 1 is 1.14 bits per heavy atom. The van der Waals surface area contributed by atoms with Gasteiger partial charge >= 0.3 is 6.03 Å². The summed E-state index contributed by atoms with van der Waals surface area (Å²) in [5.41, 5.74) is 2.48. The first-order chi connectivity index (χ1) is 17.4. The Balaban J connectivity index is 1.30. The molecule has 1 saturated heterocycles. The maximum Gasteiger partial charge on any atom is 0.322 e. The standard InChI is InChI=1S/C27H24FN5O2S/c1-18-16-31(10-11-32(18)27(35)30-23-7-5-19(15-29)6-8-23)25(34)24-14-21-9-12-36-26(21)33(24)17-20-3-2-4-22(28)13-20/h2-9,12-14,18H,10-11,16-17H2,1H3,(H,30,35)/t18-/m0/s1. The van der Waals surface area contributed by atoms with Crippen LogP contribution in [0.5, 0.6) is 0 Å². The van der Waals surface area contributed by atoms with Crippen LogP contribution in [0.4, 0.5) is 14.9 Å². The number of hydrogen-bond donors (Lipinski definition) is 1. The molecule has 182 valence electrons. The molecule has 0 radical (unpaired) electrons. The third-order valence-electron chi connectivity index (χ3n) is 6.39. The van der Waals surface area contributed by atoms with Crippen molar-refractivity contribution in [2.45, 2.75) is 19.5 Å². The minimum absolute atomic E-state index is 0.103. The summed E-state index contributed by atoms with van der Waals surface area (Å²) in [6, 6.07) is 18.6. The average Bonchev–Trinajstić information content (AvgIpc) is 3.46. The number of nitrogens with zero attached hydrogens (tertiary/aromatic N) is 4. The number of fused-ring (bicyclic) bond motifs is 1. The first-order valence-electron chi connectivity index (χ1n) is 11.6. The number of anilines is 1. The van der Waals surface area contributed by atoms with Crippen LogP contribution in [0.25, 0.3) is 10.2 Å². The molecule has 2 aromatic carbocycles. The number of nitrogens with one attached hydrogen (secondary N) is 1. The summed E-state index contributed by atoms with van der Waals surface area (Å²) in [5.74, 6) is -0.409. The van der Waals surface area contributed by atoms with Gasteiger partial charge in [-0.25, -0.2) is 9.18 Å². The Bertz CT molecular complexity index is 1470. The van der Waals surface area contributed by atoms with Crippen LogP contribution in [0.3, 0.4) is 0 Å². The van der Waals surface area contributed by atoms with E-state index in [-0.39, 0.29) is 23.8 Å². The predicted octanol–water partition coefficient (Wildman–Crippen LogP) is 5.14. The first-order valence-corrected chi connectivity index (χ1v) is 12.5. The molecule has 36 heavy (non-hydrogen) atoms. The van der Waals surface area contributed by atoms with Gasteiger partial charge in [-0.05, 0) is 66.4 Å². The monoisotopic (exact) mass is 501 g/mol. The Hall–Kier alpha value is -4.16. The molecule has 1 aliphatic rings. The Kier molecular flexibility index (Phi) is 6.44. The normalized spacial score (nSPS) is 15.6. The van der Waals surface area contributed by atoms with E-state index in [1.807, 2.05) is 35.1 Å². The molecule has 1 aliphatic heterocycles. The minimum atomic E-state index is -0.306. The molecular formula is C27H24FN5O2S. The molecular weight excluding hydrogens is 477 g/mol. The van der Waals surface area contributed by atoms with E-state index in [1.54, 1.807) is 51.5 Å². The highest BCUT2D eigenvalue weighted by molar-refractivity contribution is 7.16. The second-order valence-electron chi connectivity index (χ2n) is 8.84. The summed E-state index contributed by atoms with van der Waals surface area (Å²) in [5, 5.41) is 14.8. The van der Waals surface area contributed by atoms with Gasteiger partial charge in [0, 0.05) is 43.3 Å². The molecule has 1 atom stereocenters. The fraction of sp³-hybridized carbons (Fsp3) is 0.222. The zero-order valence-corrected chi connectivity index (χ0v) is 20.5. The Morgan fingerprint density at radius 2 is 1.94 bits per heavy atom. The van der Waals surface area contributed by atoms with Crippen LogP contribution >= 0.6 is 11.3 Å². The van der Waals surface area contributed by atoms with Gasteiger partial charge in [0.1, 0.15) is 16.3 Å². The van der Waals surface area contributed by atoms with Gasteiger partial charge in [0.05, 0.1) is 11.6 Å². The van der Waals surface area contributed by atoms with E-state index in [9.17, 15) is 14.0 Å². The van der Waals surface area contributed by atoms with Gasteiger partial charge in [-0.2, -0.15) is 5.26 Å². The van der Waals surface area contributed by atoms with Crippen LogP contribution in [0.15, 0.2) is 66.0 Å². The number of halogens is 1. The van der Waals surface area contributed by atoms with Gasteiger partial charge in [-0.3, -0.25) is 4.79 Å². The summed E-state index contributed by atoms with van der Waals surface area (Å²) in [6.07, 6.45) is 0. The van der Waals surface area contributed by atoms with Gasteiger partial charge in [0.25, 0.3) is 5.91 Å². The van der Waals surface area contributed by atoms with E-state index >= 15 is 0 Å². The van der Waals surface area contributed by atoms with Gasteiger partial charge in [-0.1, -0.05) is 12.1 Å². The molecule has 0 saturated carbocycles. The van der Waals surface area contributed by atoms with Crippen LogP contribution in [0.2, 0.25) is 0 Å². The highest BCUT2D eigenvalue weighted by Gasteiger charge is 2.32. The summed E-state index contributed by atoms with van der Waals surface area (Å²) >= 11 is 1.55. The smallest absolute Gasteiger partial charge is 0.322 e. The van der Waals surface area contributed by atoms with Crippen LogP contribution in [-0.2, 0) is 6.54 Å². The number of nitriles is 1. The predicted molar refractivity (Wildman–Crippen MR) is 138 cm³/mol. The summed E-state index contributed by atoms with van der Waals surface area (Å²) in [4.78, 5) is 30.9. The van der Waals surface area contributed by atoms with E-state index in [2.05, 4.69) is 11.4 Å². The lowest BCUT2D eigenvalue weighted by Gasteiger charge is -2.39. The average molecular weight is 502 g/mol. The lowest BCUT2D eigenvalue weighted by atomic mass is 10.1. The van der Waals surface area contributed by atoms with Crippen molar-refractivity contribution in [3.63, 3.8) is 0 Å². The second-order valence-corrected chi connectivity index (χ2v) is 9.73. The van der Waals surface area contributed by atoms with Crippen molar-refractivity contribution in [1.82, 2.24) is 14.4 Å². The number of carbonyl (C=O) groups is 2. The van der Waals surface area contributed by atoms with Crippen molar-refractivity contribution in [2.24, 2.45) is 0 Å². The van der Waals surface area contributed by atoms with Crippen LogP contribution in [0, 0.1) is 17.1 Å². The third kappa shape index (κ3) is 4.68. The van der Waals surface area contributed by atoms with E-state index in [1.165, 1.54) is 12.1 Å². The quantitative estimate of drug-likeness (QED) is 0.420. The van der Waals surface area contributed by atoms with Crippen molar-refractivity contribution >= 4 is 39.2 Å². The van der Waals surface area contributed by atoms with E-state index in [0.717, 1.165) is 15.8 Å². The van der Waals surface area contributed by atoms with E-state index in [4.69, 9.17) is 5.26 Å². The van der Waals surface area contributed by atoms with Crippen LogP contribution in [0.1, 0.15) is 28.5 Å². The fourth-order valence-electron chi connectivity index (χ4n) is 4.56. The SMILES string of the molecule is C[C@H]1CN(C(=O)c2cc3ccsc3n2Cc2cccc(F)c2)CCN1C(=O)Nc1ccc(C#N)cc1. The van der Waals surface area contributed by atoms with Crippen LogP contribution in [-0.4, -0.2) is 52.0 Å². The van der Waals surface area contributed by atoms with Gasteiger partial charge < -0.3 is 19.7 Å². The van der Waals surface area contributed by atoms with Gasteiger partial charge in [0.2, 0.25) is 0 Å². The molecule has 0 aliphatic carbocycles. The Morgan fingerprint density at radius 3 is 2.67 bits per heavy atom. The molecule has 0 unspecified atom stereocenters. The number of hydrogen-bond acceptors (Lipinski definition) is 4. The third-order valence-corrected chi connectivity index (χ3v) is 7.34. The molecule has 0 bridgehead atoms. The number of aromatic nitrogens is 1. The van der Waals surface area contributed by atoms with Crippen molar-refractivity contribution in [3.05, 3.63) is 88.7 Å². The van der Waals surface area contributed by atoms with Crippen molar-refractivity contribution in [3.8, 4) is 6.07 Å². The number of piperazine rings is 1. The first kappa shape index (κ1) is 23.6. The molecule has 0 spiro atoms. The highest BCUT2D eigenvalue weighted by Crippen LogP contribution is 2.28. The largest absolute Gasteiger partial charge is 0.334 e. The minimum Gasteiger partial charge on any atom is -0.334 e. The molecule has 3 amide bonds. The second kappa shape index (κ2) is 9.84. The highest BCUT2D eigenvalue weighted by atomic mass is 32.1. The lowest BCUT2D eigenvalue weighted by molar-refractivity contribution is 0.0583. The zero-order valence-electron chi connectivity index (χ0n) is 19.6. The number of benzene rings is 2. The fourth-order valence-corrected chi connectivity index (χ4v) is 5.45. The maximum atomic E-state index is 13.8. The van der Waals surface area contributed by atoms with Crippen molar-refractivity contribution in [2.75, 3.05) is 25.0 Å². The molecule has 2 aromatic heterocycles. The summed E-state index contributed by atoms with van der Waals surface area (Å²) in [6.45, 7) is 3.52. The van der Waals surface area contributed by atoms with Gasteiger partial charge in [0.15, 0.2) is 0 Å². The topological polar surface area (TPSA) is 81.4 Å². The van der Waals surface area contributed by atoms with Crippen LogP contribution < -0.4 is 5.32 Å². The number of rotatable bonds is 4. The van der Waals surface area contributed by atoms with E-state index < -0.39 is 0 Å². The van der Waals surface area contributed by atoms with Crippen molar-refractivity contribution < 1.29 is 14.0 Å². The zero-order chi connectivity index (χ0) is 25.2.